The molecule has 0 radical (unpaired) electrons. The molecule has 3 heterocycles. The Morgan fingerprint density at radius 1 is 1.14 bits per heavy atom. The first-order chi connectivity index (χ1) is 20.6. The van der Waals surface area contributed by atoms with Crippen LogP contribution in [-0.2, 0) is 24.9 Å². The minimum Gasteiger partial charge on any atom is -0.488 e. The van der Waals surface area contributed by atoms with Gasteiger partial charge < -0.3 is 9.84 Å². The Hall–Kier alpha value is -4.30. The van der Waals surface area contributed by atoms with E-state index in [0.717, 1.165) is 76.0 Å². The lowest BCUT2D eigenvalue weighted by atomic mass is 9.69. The van der Waals surface area contributed by atoms with Gasteiger partial charge in [-0.2, -0.15) is 0 Å². The van der Waals surface area contributed by atoms with Crippen molar-refractivity contribution in [2.75, 3.05) is 6.54 Å². The average molecular weight is 578 g/mol. The Kier molecular flexibility index (Phi) is 7.42. The summed E-state index contributed by atoms with van der Waals surface area (Å²) >= 11 is 0. The summed E-state index contributed by atoms with van der Waals surface area (Å²) in [5.74, 6) is -0.290. The number of aliphatic carboxylic acids is 1. The second-order valence-corrected chi connectivity index (χ2v) is 12.4. The van der Waals surface area contributed by atoms with Crippen LogP contribution in [0.5, 0.6) is 5.75 Å². The lowest BCUT2D eigenvalue weighted by Crippen LogP contribution is -2.33. The Morgan fingerprint density at radius 3 is 2.72 bits per heavy atom. The molecular formula is C35H39N5O3. The molecule has 0 fully saturated rings. The van der Waals surface area contributed by atoms with Gasteiger partial charge in [0.25, 0.3) is 0 Å². The van der Waals surface area contributed by atoms with E-state index < -0.39 is 11.4 Å². The molecule has 3 aromatic carbocycles. The highest BCUT2D eigenvalue weighted by Gasteiger charge is 2.40. The molecule has 0 saturated heterocycles. The van der Waals surface area contributed by atoms with E-state index in [1.54, 1.807) is 4.68 Å². The van der Waals surface area contributed by atoms with Crippen molar-refractivity contribution in [3.05, 3.63) is 94.2 Å². The van der Waals surface area contributed by atoms with Crippen LogP contribution in [0.1, 0.15) is 66.5 Å². The maximum absolute atomic E-state index is 12.7. The predicted octanol–water partition coefficient (Wildman–Crippen LogP) is 6.55. The number of benzene rings is 3. The lowest BCUT2D eigenvalue weighted by Gasteiger charge is -2.33. The fourth-order valence-electron chi connectivity index (χ4n) is 6.52. The Balaban J connectivity index is 1.40. The standard InChI is InChI=1S/C35H39N5O3/c1-7-26-20-40(18-24-12-14-29-28(33(24)43-26)9-8-16-36-29)19-25-17-23(11-10-21(25)2)31(35(4,5)34(41)42)27-13-15-30-32(22(27)3)37-38-39(30)6/h8-17,26,31H,7,18-20H2,1-6H3,(H,41,42)/t26-,31?/m1/s1. The van der Waals surface area contributed by atoms with Crippen LogP contribution in [0.2, 0.25) is 0 Å². The van der Waals surface area contributed by atoms with E-state index >= 15 is 0 Å². The number of carboxylic acid groups (broad SMARTS) is 1. The molecule has 8 nitrogen and oxygen atoms in total. The fraction of sp³-hybridized carbons (Fsp3) is 0.371. The number of fused-ring (bicyclic) bond motifs is 4. The first kappa shape index (κ1) is 28.8. The Bertz CT molecular complexity index is 1840. The number of carbonyl (C=O) groups is 1. The molecule has 43 heavy (non-hydrogen) atoms. The first-order valence-corrected chi connectivity index (χ1v) is 15.0. The zero-order chi connectivity index (χ0) is 30.5. The van der Waals surface area contributed by atoms with Crippen molar-refractivity contribution in [1.29, 1.82) is 0 Å². The highest BCUT2D eigenvalue weighted by atomic mass is 16.5. The van der Waals surface area contributed by atoms with Gasteiger partial charge in [-0.05, 0) is 86.2 Å². The molecule has 1 aliphatic heterocycles. The summed E-state index contributed by atoms with van der Waals surface area (Å²) < 4.78 is 8.35. The SMILES string of the molecule is CC[C@@H]1CN(Cc2cc(C(c3ccc4c(nnn4C)c3C)C(C)(C)C(=O)O)ccc2C)Cc2ccc3ncccc3c2O1. The van der Waals surface area contributed by atoms with E-state index in [2.05, 4.69) is 70.4 Å². The van der Waals surface area contributed by atoms with Crippen LogP contribution in [0.3, 0.4) is 0 Å². The molecule has 0 bridgehead atoms. The quantitative estimate of drug-likeness (QED) is 0.234. The van der Waals surface area contributed by atoms with Gasteiger partial charge in [0, 0.05) is 49.7 Å². The van der Waals surface area contributed by atoms with Crippen molar-refractivity contribution in [3.63, 3.8) is 0 Å². The Labute approximate surface area is 252 Å². The summed E-state index contributed by atoms with van der Waals surface area (Å²) in [6.45, 7) is 12.2. The number of aryl methyl sites for hydroxylation is 3. The smallest absolute Gasteiger partial charge is 0.310 e. The molecule has 5 aromatic rings. The molecule has 8 heteroatoms. The summed E-state index contributed by atoms with van der Waals surface area (Å²) in [6.07, 6.45) is 2.76. The third-order valence-electron chi connectivity index (χ3n) is 9.18. The topological polar surface area (TPSA) is 93.4 Å². The van der Waals surface area contributed by atoms with E-state index in [0.29, 0.717) is 0 Å². The molecule has 222 valence electrons. The van der Waals surface area contributed by atoms with Crippen LogP contribution in [0.25, 0.3) is 21.9 Å². The van der Waals surface area contributed by atoms with Gasteiger partial charge >= 0.3 is 5.97 Å². The summed E-state index contributed by atoms with van der Waals surface area (Å²) in [5, 5.41) is 20.1. The number of hydrogen-bond donors (Lipinski definition) is 1. The maximum Gasteiger partial charge on any atom is 0.310 e. The van der Waals surface area contributed by atoms with Crippen LogP contribution < -0.4 is 4.74 Å². The minimum atomic E-state index is -1.06. The van der Waals surface area contributed by atoms with Gasteiger partial charge in [-0.25, -0.2) is 4.68 Å². The minimum absolute atomic E-state index is 0.0515. The number of pyridine rings is 1. The molecule has 0 spiro atoms. The van der Waals surface area contributed by atoms with Gasteiger partial charge in [-0.15, -0.1) is 5.10 Å². The van der Waals surface area contributed by atoms with E-state index in [4.69, 9.17) is 4.74 Å². The number of nitrogens with zero attached hydrogens (tertiary/aromatic N) is 5. The van der Waals surface area contributed by atoms with Crippen molar-refractivity contribution >= 4 is 27.9 Å². The van der Waals surface area contributed by atoms with Gasteiger partial charge in [0.2, 0.25) is 0 Å². The molecule has 1 N–H and O–H groups in total. The van der Waals surface area contributed by atoms with E-state index in [9.17, 15) is 9.90 Å². The largest absolute Gasteiger partial charge is 0.488 e. The van der Waals surface area contributed by atoms with Crippen LogP contribution >= 0.6 is 0 Å². The van der Waals surface area contributed by atoms with E-state index in [1.807, 2.05) is 52.2 Å². The van der Waals surface area contributed by atoms with E-state index in [-0.39, 0.29) is 12.0 Å². The summed E-state index contributed by atoms with van der Waals surface area (Å²) in [5.41, 5.74) is 8.02. The summed E-state index contributed by atoms with van der Waals surface area (Å²) in [7, 11) is 1.87. The molecule has 6 rings (SSSR count). The molecule has 1 aliphatic rings. The zero-order valence-electron chi connectivity index (χ0n) is 25.8. The predicted molar refractivity (Wildman–Crippen MR) is 168 cm³/mol. The Morgan fingerprint density at radius 2 is 1.95 bits per heavy atom. The number of hydrogen-bond acceptors (Lipinski definition) is 6. The van der Waals surface area contributed by atoms with Crippen LogP contribution in [0, 0.1) is 19.3 Å². The number of carboxylic acids is 1. The highest BCUT2D eigenvalue weighted by molar-refractivity contribution is 5.86. The monoisotopic (exact) mass is 577 g/mol. The second-order valence-electron chi connectivity index (χ2n) is 12.4. The van der Waals surface area contributed by atoms with Gasteiger partial charge in [0.05, 0.1) is 16.4 Å². The van der Waals surface area contributed by atoms with Crippen LogP contribution in [0.4, 0.5) is 0 Å². The molecule has 0 saturated carbocycles. The third-order valence-corrected chi connectivity index (χ3v) is 9.18. The third kappa shape index (κ3) is 5.14. The van der Waals surface area contributed by atoms with Crippen molar-refractivity contribution in [2.24, 2.45) is 12.5 Å². The molecular weight excluding hydrogens is 538 g/mol. The fourth-order valence-corrected chi connectivity index (χ4v) is 6.52. The van der Waals surface area contributed by atoms with Gasteiger partial charge in [0.15, 0.2) is 0 Å². The second kappa shape index (κ2) is 11.1. The van der Waals surface area contributed by atoms with Gasteiger partial charge in [-0.1, -0.05) is 42.5 Å². The number of aromatic nitrogens is 4. The molecule has 1 unspecified atom stereocenters. The van der Waals surface area contributed by atoms with Crippen molar-refractivity contribution < 1.29 is 14.6 Å². The van der Waals surface area contributed by atoms with Crippen molar-refractivity contribution in [3.8, 4) is 5.75 Å². The molecule has 0 aliphatic carbocycles. The molecule has 2 atom stereocenters. The van der Waals surface area contributed by atoms with Gasteiger partial charge in [0.1, 0.15) is 17.4 Å². The maximum atomic E-state index is 12.7. The van der Waals surface area contributed by atoms with Gasteiger partial charge in [-0.3, -0.25) is 14.7 Å². The molecule has 2 aromatic heterocycles. The van der Waals surface area contributed by atoms with Crippen LogP contribution in [0.15, 0.2) is 60.8 Å². The van der Waals surface area contributed by atoms with E-state index in [1.165, 1.54) is 11.1 Å². The zero-order valence-corrected chi connectivity index (χ0v) is 25.8. The normalized spacial score (nSPS) is 16.6. The average Bonchev–Trinajstić information content (AvgIpc) is 3.26. The number of ether oxygens (including phenoxy) is 1. The van der Waals surface area contributed by atoms with Crippen molar-refractivity contribution in [1.82, 2.24) is 24.9 Å². The first-order valence-electron chi connectivity index (χ1n) is 15.0. The number of rotatable bonds is 7. The molecule has 0 amide bonds. The highest BCUT2D eigenvalue weighted by Crippen LogP contribution is 2.44. The summed E-state index contributed by atoms with van der Waals surface area (Å²) in [6, 6.07) is 18.7. The lowest BCUT2D eigenvalue weighted by molar-refractivity contribution is -0.147. The summed E-state index contributed by atoms with van der Waals surface area (Å²) in [4.78, 5) is 19.7. The van der Waals surface area contributed by atoms with Crippen molar-refractivity contribution in [2.45, 2.75) is 66.2 Å². The van der Waals surface area contributed by atoms with Crippen LogP contribution in [-0.4, -0.2) is 48.6 Å².